The lowest BCUT2D eigenvalue weighted by atomic mass is 9.94. The standard InChI is InChI=1S/C22H26F2N2O2S/c1-25(2)21-13-26(20-11-19(24)16-5-4-6-18(23)22(16)20)12-17(21)14-7-9-15(10-8-14)29(3,27)28/h4-10,17,19-21H,11-13H2,1-3H3/t17?,19-,20-,21?/m0/s1. The molecule has 4 rings (SSSR count). The Bertz CT molecular complexity index is 1010. The van der Waals surface area contributed by atoms with Crippen molar-refractivity contribution in [2.45, 2.75) is 35.5 Å². The molecule has 29 heavy (non-hydrogen) atoms. The Balaban J connectivity index is 1.64. The molecule has 4 atom stereocenters. The van der Waals surface area contributed by atoms with Crippen LogP contribution in [0.25, 0.3) is 0 Å². The Morgan fingerprint density at radius 2 is 1.76 bits per heavy atom. The first-order valence-corrected chi connectivity index (χ1v) is 11.7. The van der Waals surface area contributed by atoms with Gasteiger partial charge >= 0.3 is 0 Å². The number of likely N-dealkylation sites (tertiary alicyclic amines) is 1. The summed E-state index contributed by atoms with van der Waals surface area (Å²) in [6.07, 6.45) is 0.328. The fourth-order valence-corrected chi connectivity index (χ4v) is 5.47. The molecule has 0 saturated carbocycles. The first kappa shape index (κ1) is 20.4. The van der Waals surface area contributed by atoms with E-state index in [-0.39, 0.29) is 30.2 Å². The van der Waals surface area contributed by atoms with E-state index in [1.54, 1.807) is 24.3 Å². The van der Waals surface area contributed by atoms with Gasteiger partial charge in [0, 0.05) is 49.3 Å². The van der Waals surface area contributed by atoms with Crippen LogP contribution in [0.5, 0.6) is 0 Å². The molecule has 2 aromatic rings. The molecule has 0 N–H and O–H groups in total. The van der Waals surface area contributed by atoms with Crippen LogP contribution in [0.3, 0.4) is 0 Å². The number of nitrogens with zero attached hydrogens (tertiary/aromatic N) is 2. The van der Waals surface area contributed by atoms with E-state index in [9.17, 15) is 17.2 Å². The minimum Gasteiger partial charge on any atom is -0.305 e. The van der Waals surface area contributed by atoms with Crippen molar-refractivity contribution in [3.63, 3.8) is 0 Å². The molecule has 1 fully saturated rings. The molecule has 2 unspecified atom stereocenters. The number of hydrogen-bond acceptors (Lipinski definition) is 4. The van der Waals surface area contributed by atoms with Crippen molar-refractivity contribution in [2.24, 2.45) is 0 Å². The monoisotopic (exact) mass is 420 g/mol. The second-order valence-electron chi connectivity index (χ2n) is 8.39. The predicted molar refractivity (Wildman–Crippen MR) is 109 cm³/mol. The molecule has 0 aromatic heterocycles. The van der Waals surface area contributed by atoms with Gasteiger partial charge in [-0.25, -0.2) is 17.2 Å². The quantitative estimate of drug-likeness (QED) is 0.756. The van der Waals surface area contributed by atoms with Crippen LogP contribution in [0.1, 0.15) is 41.2 Å². The normalized spacial score (nSPS) is 27.5. The average Bonchev–Trinajstić information content (AvgIpc) is 3.24. The van der Waals surface area contributed by atoms with Crippen LogP contribution >= 0.6 is 0 Å². The van der Waals surface area contributed by atoms with Gasteiger partial charge in [-0.1, -0.05) is 24.3 Å². The SMILES string of the molecule is CN(C)C1CN([C@H]2C[C@H](F)c3cccc(F)c32)CC1c1ccc(S(C)(=O)=O)cc1. The molecule has 0 bridgehead atoms. The zero-order chi connectivity index (χ0) is 20.9. The molecule has 156 valence electrons. The van der Waals surface area contributed by atoms with Crippen LogP contribution < -0.4 is 0 Å². The van der Waals surface area contributed by atoms with Crippen LogP contribution in [0, 0.1) is 5.82 Å². The van der Waals surface area contributed by atoms with E-state index in [1.807, 2.05) is 26.2 Å². The molecule has 1 heterocycles. The van der Waals surface area contributed by atoms with Crippen LogP contribution in [-0.2, 0) is 9.84 Å². The summed E-state index contributed by atoms with van der Waals surface area (Å²) in [6, 6.07) is 11.6. The first-order valence-electron chi connectivity index (χ1n) is 9.79. The maximum absolute atomic E-state index is 14.6. The Hall–Kier alpha value is -1.83. The topological polar surface area (TPSA) is 40.6 Å². The van der Waals surface area contributed by atoms with Gasteiger partial charge in [0.05, 0.1) is 4.90 Å². The van der Waals surface area contributed by atoms with Crippen LogP contribution in [0.4, 0.5) is 8.78 Å². The predicted octanol–water partition coefficient (Wildman–Crippen LogP) is 3.71. The molecule has 1 aliphatic carbocycles. The van der Waals surface area contributed by atoms with E-state index in [0.717, 1.165) is 5.56 Å². The summed E-state index contributed by atoms with van der Waals surface area (Å²) >= 11 is 0. The summed E-state index contributed by atoms with van der Waals surface area (Å²) in [5, 5.41) is 0. The molecule has 0 spiro atoms. The highest BCUT2D eigenvalue weighted by atomic mass is 32.2. The number of benzene rings is 2. The third kappa shape index (κ3) is 3.71. The molecule has 0 radical (unpaired) electrons. The van der Waals surface area contributed by atoms with E-state index in [2.05, 4.69) is 9.80 Å². The molecular weight excluding hydrogens is 394 g/mol. The number of rotatable bonds is 4. The molecule has 1 saturated heterocycles. The Kier molecular flexibility index (Phi) is 5.25. The lowest BCUT2D eigenvalue weighted by Gasteiger charge is -2.26. The molecule has 4 nitrogen and oxygen atoms in total. The molecule has 0 amide bonds. The largest absolute Gasteiger partial charge is 0.305 e. The second-order valence-corrected chi connectivity index (χ2v) is 10.4. The van der Waals surface area contributed by atoms with Gasteiger partial charge in [-0.15, -0.1) is 0 Å². The fourth-order valence-electron chi connectivity index (χ4n) is 4.83. The number of hydrogen-bond donors (Lipinski definition) is 0. The van der Waals surface area contributed by atoms with E-state index in [0.29, 0.717) is 29.1 Å². The van der Waals surface area contributed by atoms with Crippen molar-refractivity contribution in [3.05, 3.63) is 65.0 Å². The summed E-state index contributed by atoms with van der Waals surface area (Å²) in [4.78, 5) is 4.62. The van der Waals surface area contributed by atoms with Crippen molar-refractivity contribution in [1.82, 2.24) is 9.80 Å². The molecule has 2 aromatic carbocycles. The van der Waals surface area contributed by atoms with Crippen molar-refractivity contribution < 1.29 is 17.2 Å². The highest BCUT2D eigenvalue weighted by Crippen LogP contribution is 2.48. The maximum atomic E-state index is 14.6. The van der Waals surface area contributed by atoms with Crippen molar-refractivity contribution >= 4 is 9.84 Å². The highest BCUT2D eigenvalue weighted by molar-refractivity contribution is 7.90. The van der Waals surface area contributed by atoms with Gasteiger partial charge in [0.15, 0.2) is 9.84 Å². The van der Waals surface area contributed by atoms with E-state index >= 15 is 0 Å². The van der Waals surface area contributed by atoms with Crippen molar-refractivity contribution in [2.75, 3.05) is 33.4 Å². The lowest BCUT2D eigenvalue weighted by molar-refractivity contribution is 0.188. The Labute approximate surface area is 171 Å². The van der Waals surface area contributed by atoms with Gasteiger partial charge in [0.25, 0.3) is 0 Å². The number of sulfone groups is 1. The molecular formula is C22H26F2N2O2S. The van der Waals surface area contributed by atoms with Gasteiger partial charge in [-0.05, 0) is 43.4 Å². The second kappa shape index (κ2) is 7.45. The summed E-state index contributed by atoms with van der Waals surface area (Å²) in [5.74, 6) is -0.206. The smallest absolute Gasteiger partial charge is 0.175 e. The summed E-state index contributed by atoms with van der Waals surface area (Å²) in [7, 11) is 0.769. The summed E-state index contributed by atoms with van der Waals surface area (Å²) in [5.41, 5.74) is 2.00. The van der Waals surface area contributed by atoms with Gasteiger partial charge in [0.1, 0.15) is 12.0 Å². The van der Waals surface area contributed by atoms with Crippen molar-refractivity contribution in [3.8, 4) is 0 Å². The summed E-state index contributed by atoms with van der Waals surface area (Å²) in [6.45, 7) is 1.38. The van der Waals surface area contributed by atoms with Crippen LogP contribution in [0.15, 0.2) is 47.4 Å². The van der Waals surface area contributed by atoms with E-state index in [4.69, 9.17) is 0 Å². The van der Waals surface area contributed by atoms with Gasteiger partial charge in [0.2, 0.25) is 0 Å². The van der Waals surface area contributed by atoms with Gasteiger partial charge < -0.3 is 4.90 Å². The molecule has 7 heteroatoms. The van der Waals surface area contributed by atoms with Gasteiger partial charge in [-0.2, -0.15) is 0 Å². The molecule has 1 aliphatic heterocycles. The maximum Gasteiger partial charge on any atom is 0.175 e. The average molecular weight is 421 g/mol. The number of likely N-dealkylation sites (N-methyl/N-ethyl adjacent to an activating group) is 1. The summed E-state index contributed by atoms with van der Waals surface area (Å²) < 4.78 is 52.6. The van der Waals surface area contributed by atoms with Crippen LogP contribution in [-0.4, -0.2) is 57.7 Å². The molecule has 2 aliphatic rings. The number of alkyl halides is 1. The van der Waals surface area contributed by atoms with Crippen LogP contribution in [0.2, 0.25) is 0 Å². The number of halogens is 2. The first-order chi connectivity index (χ1) is 13.7. The van der Waals surface area contributed by atoms with E-state index < -0.39 is 16.0 Å². The third-order valence-electron chi connectivity index (χ3n) is 6.35. The fraction of sp³-hybridized carbons (Fsp3) is 0.455. The number of fused-ring (bicyclic) bond motifs is 1. The minimum atomic E-state index is -3.25. The van der Waals surface area contributed by atoms with Gasteiger partial charge in [-0.3, -0.25) is 4.90 Å². The lowest BCUT2D eigenvalue weighted by Crippen LogP contribution is -2.35. The Morgan fingerprint density at radius 3 is 2.38 bits per heavy atom. The third-order valence-corrected chi connectivity index (χ3v) is 7.47. The highest BCUT2D eigenvalue weighted by Gasteiger charge is 2.43. The minimum absolute atomic E-state index is 0.132. The Morgan fingerprint density at radius 1 is 1.07 bits per heavy atom. The zero-order valence-corrected chi connectivity index (χ0v) is 17.7. The zero-order valence-electron chi connectivity index (χ0n) is 16.8. The van der Waals surface area contributed by atoms with Crippen molar-refractivity contribution in [1.29, 1.82) is 0 Å². The van der Waals surface area contributed by atoms with E-state index in [1.165, 1.54) is 12.3 Å².